The van der Waals surface area contributed by atoms with Crippen molar-refractivity contribution in [3.05, 3.63) is 34.9 Å². The van der Waals surface area contributed by atoms with E-state index < -0.39 is 0 Å². The normalized spacial score (nSPS) is 16.9. The number of amides is 2. The molecule has 2 unspecified atom stereocenters. The molecule has 0 heterocycles. The van der Waals surface area contributed by atoms with Gasteiger partial charge in [0.05, 0.1) is 18.7 Å². The second-order valence-corrected chi connectivity index (χ2v) is 5.66. The molecule has 0 saturated carbocycles. The van der Waals surface area contributed by atoms with Crippen LogP contribution in [0.5, 0.6) is 0 Å². The standard InChI is InChI=1S/C16H24N2O2/c1-11(10-19)17-16(20)18-12(2)14-8-7-13-5-3-4-6-15(13)9-14/h7-9,11-12,19H,3-6,10H2,1-2H3,(H2,17,18,20). The van der Waals surface area contributed by atoms with Gasteiger partial charge in [-0.15, -0.1) is 0 Å². The second kappa shape index (κ2) is 6.75. The number of aliphatic hydroxyl groups is 1. The summed E-state index contributed by atoms with van der Waals surface area (Å²) in [6.07, 6.45) is 4.85. The number of carbonyl (C=O) groups excluding carboxylic acids is 1. The zero-order valence-electron chi connectivity index (χ0n) is 12.3. The molecular weight excluding hydrogens is 252 g/mol. The summed E-state index contributed by atoms with van der Waals surface area (Å²) < 4.78 is 0. The first-order valence-electron chi connectivity index (χ1n) is 7.39. The van der Waals surface area contributed by atoms with Crippen molar-refractivity contribution in [1.82, 2.24) is 10.6 Å². The third-order valence-corrected chi connectivity index (χ3v) is 3.87. The number of hydrogen-bond acceptors (Lipinski definition) is 2. The lowest BCUT2D eigenvalue weighted by Gasteiger charge is -2.21. The van der Waals surface area contributed by atoms with Crippen LogP contribution in [0, 0.1) is 0 Å². The molecule has 0 bridgehead atoms. The lowest BCUT2D eigenvalue weighted by molar-refractivity contribution is 0.218. The number of rotatable bonds is 4. The van der Waals surface area contributed by atoms with Crippen molar-refractivity contribution >= 4 is 6.03 Å². The molecule has 0 fully saturated rings. The van der Waals surface area contributed by atoms with Crippen LogP contribution in [0.1, 0.15) is 49.4 Å². The number of aryl methyl sites for hydroxylation is 2. The summed E-state index contributed by atoms with van der Waals surface area (Å²) in [7, 11) is 0. The van der Waals surface area contributed by atoms with Crippen molar-refractivity contribution < 1.29 is 9.90 Å². The van der Waals surface area contributed by atoms with Crippen LogP contribution in [0.25, 0.3) is 0 Å². The maximum absolute atomic E-state index is 11.8. The lowest BCUT2D eigenvalue weighted by Crippen LogP contribution is -2.43. The molecule has 110 valence electrons. The molecule has 2 amide bonds. The Kier molecular flexibility index (Phi) is 5.01. The number of hydrogen-bond donors (Lipinski definition) is 3. The van der Waals surface area contributed by atoms with E-state index in [-0.39, 0.29) is 24.7 Å². The van der Waals surface area contributed by atoms with Gasteiger partial charge in [-0.3, -0.25) is 0 Å². The Hall–Kier alpha value is -1.55. The highest BCUT2D eigenvalue weighted by atomic mass is 16.3. The van der Waals surface area contributed by atoms with Gasteiger partial charge in [-0.1, -0.05) is 18.2 Å². The average Bonchev–Trinajstić information content (AvgIpc) is 2.46. The maximum atomic E-state index is 11.8. The molecule has 0 aliphatic heterocycles. The summed E-state index contributed by atoms with van der Waals surface area (Å²) in [4.78, 5) is 11.8. The molecule has 20 heavy (non-hydrogen) atoms. The molecule has 4 nitrogen and oxygen atoms in total. The van der Waals surface area contributed by atoms with E-state index in [1.807, 2.05) is 6.92 Å². The van der Waals surface area contributed by atoms with Gasteiger partial charge in [0.15, 0.2) is 0 Å². The maximum Gasteiger partial charge on any atom is 0.315 e. The Bertz CT molecular complexity index is 474. The third-order valence-electron chi connectivity index (χ3n) is 3.87. The molecule has 2 atom stereocenters. The van der Waals surface area contributed by atoms with E-state index in [1.54, 1.807) is 6.92 Å². The predicted molar refractivity (Wildman–Crippen MR) is 79.7 cm³/mol. The fraction of sp³-hybridized carbons (Fsp3) is 0.562. The molecule has 2 rings (SSSR count). The van der Waals surface area contributed by atoms with E-state index >= 15 is 0 Å². The zero-order chi connectivity index (χ0) is 14.5. The van der Waals surface area contributed by atoms with Gasteiger partial charge in [-0.2, -0.15) is 0 Å². The minimum atomic E-state index is -0.239. The van der Waals surface area contributed by atoms with Crippen LogP contribution in [0.3, 0.4) is 0 Å². The molecule has 0 radical (unpaired) electrons. The van der Waals surface area contributed by atoms with E-state index in [9.17, 15) is 4.79 Å². The Morgan fingerprint density at radius 1 is 1.20 bits per heavy atom. The van der Waals surface area contributed by atoms with Crippen molar-refractivity contribution in [1.29, 1.82) is 0 Å². The van der Waals surface area contributed by atoms with Crippen molar-refractivity contribution in [3.63, 3.8) is 0 Å². The first kappa shape index (κ1) is 14.9. The van der Waals surface area contributed by atoms with Crippen LogP contribution < -0.4 is 10.6 Å². The molecule has 1 aromatic rings. The fourth-order valence-electron chi connectivity index (χ4n) is 2.61. The van der Waals surface area contributed by atoms with Crippen LogP contribution >= 0.6 is 0 Å². The molecule has 3 N–H and O–H groups in total. The summed E-state index contributed by atoms with van der Waals surface area (Å²) in [6, 6.07) is 6.01. The highest BCUT2D eigenvalue weighted by Gasteiger charge is 2.14. The molecule has 1 aliphatic carbocycles. The molecule has 4 heteroatoms. The van der Waals surface area contributed by atoms with E-state index in [1.165, 1.54) is 30.4 Å². The summed E-state index contributed by atoms with van der Waals surface area (Å²) in [6.45, 7) is 3.69. The van der Waals surface area contributed by atoms with Gasteiger partial charge in [-0.05, 0) is 56.2 Å². The van der Waals surface area contributed by atoms with Crippen LogP contribution in [0.4, 0.5) is 4.79 Å². The Morgan fingerprint density at radius 3 is 2.60 bits per heavy atom. The molecule has 0 saturated heterocycles. The predicted octanol–water partition coefficient (Wildman–Crippen LogP) is 2.31. The number of carbonyl (C=O) groups is 1. The summed E-state index contributed by atoms with van der Waals surface area (Å²) in [5.74, 6) is 0. The number of nitrogens with one attached hydrogen (secondary N) is 2. The van der Waals surface area contributed by atoms with Gasteiger partial charge in [0, 0.05) is 0 Å². The quantitative estimate of drug-likeness (QED) is 0.790. The SMILES string of the molecule is CC(CO)NC(=O)NC(C)c1ccc2c(c1)CCCC2. The first-order valence-corrected chi connectivity index (χ1v) is 7.39. The summed E-state index contributed by atoms with van der Waals surface area (Å²) >= 11 is 0. The minimum Gasteiger partial charge on any atom is -0.394 e. The summed E-state index contributed by atoms with van der Waals surface area (Å²) in [5.41, 5.74) is 4.01. The van der Waals surface area contributed by atoms with Crippen molar-refractivity contribution in [2.24, 2.45) is 0 Å². The lowest BCUT2D eigenvalue weighted by atomic mass is 9.89. The first-order chi connectivity index (χ1) is 9.60. The van der Waals surface area contributed by atoms with Crippen LogP contribution in [-0.4, -0.2) is 23.8 Å². The molecular formula is C16H24N2O2. The van der Waals surface area contributed by atoms with Gasteiger partial charge in [0.25, 0.3) is 0 Å². The van der Waals surface area contributed by atoms with Gasteiger partial charge >= 0.3 is 6.03 Å². The number of urea groups is 1. The largest absolute Gasteiger partial charge is 0.394 e. The van der Waals surface area contributed by atoms with Crippen LogP contribution in [0.2, 0.25) is 0 Å². The average molecular weight is 276 g/mol. The molecule has 1 aliphatic rings. The smallest absolute Gasteiger partial charge is 0.315 e. The number of aliphatic hydroxyl groups excluding tert-OH is 1. The van der Waals surface area contributed by atoms with Crippen molar-refractivity contribution in [2.75, 3.05) is 6.61 Å². The van der Waals surface area contributed by atoms with Crippen molar-refractivity contribution in [3.8, 4) is 0 Å². The Labute approximate surface area is 120 Å². The number of fused-ring (bicyclic) bond motifs is 1. The topological polar surface area (TPSA) is 61.4 Å². The Morgan fingerprint density at radius 2 is 1.90 bits per heavy atom. The number of benzene rings is 1. The van der Waals surface area contributed by atoms with E-state index in [0.717, 1.165) is 12.0 Å². The Balaban J connectivity index is 1.98. The van der Waals surface area contributed by atoms with Crippen molar-refractivity contribution in [2.45, 2.75) is 51.6 Å². The van der Waals surface area contributed by atoms with Gasteiger partial charge in [0.2, 0.25) is 0 Å². The van der Waals surface area contributed by atoms with E-state index in [4.69, 9.17) is 5.11 Å². The second-order valence-electron chi connectivity index (χ2n) is 5.66. The third kappa shape index (κ3) is 3.73. The molecule has 1 aromatic carbocycles. The molecule has 0 spiro atoms. The highest BCUT2D eigenvalue weighted by molar-refractivity contribution is 5.74. The minimum absolute atomic E-state index is 0.0341. The molecule has 0 aromatic heterocycles. The fourth-order valence-corrected chi connectivity index (χ4v) is 2.61. The van der Waals surface area contributed by atoms with E-state index in [2.05, 4.69) is 28.8 Å². The van der Waals surface area contributed by atoms with Crippen LogP contribution in [0.15, 0.2) is 18.2 Å². The monoisotopic (exact) mass is 276 g/mol. The zero-order valence-corrected chi connectivity index (χ0v) is 12.3. The summed E-state index contributed by atoms with van der Waals surface area (Å²) in [5, 5.41) is 14.5. The highest BCUT2D eigenvalue weighted by Crippen LogP contribution is 2.24. The van der Waals surface area contributed by atoms with Gasteiger partial charge in [0.1, 0.15) is 0 Å². The van der Waals surface area contributed by atoms with Crippen LogP contribution in [-0.2, 0) is 12.8 Å². The van der Waals surface area contributed by atoms with E-state index in [0.29, 0.717) is 0 Å². The van der Waals surface area contributed by atoms with Gasteiger partial charge in [-0.25, -0.2) is 4.79 Å². The van der Waals surface area contributed by atoms with Gasteiger partial charge < -0.3 is 15.7 Å².